The molecule has 18 heavy (non-hydrogen) atoms. The molecule has 3 N–H and O–H groups in total. The Hall–Kier alpha value is -2.08. The highest BCUT2D eigenvalue weighted by Crippen LogP contribution is 2.12. The number of piperazine rings is 1. The third-order valence-electron chi connectivity index (χ3n) is 2.74. The Bertz CT molecular complexity index is 456. The lowest BCUT2D eigenvalue weighted by Gasteiger charge is -2.26. The first-order valence-electron chi connectivity index (χ1n) is 5.75. The van der Waals surface area contributed by atoms with Crippen molar-refractivity contribution in [2.75, 3.05) is 31.9 Å². The molecular formula is C12H15N3O3. The SMILES string of the molecule is Nc1ccccc1C(=O)OC(=O)N1CCNCC1. The Morgan fingerprint density at radius 2 is 1.89 bits per heavy atom. The molecule has 2 rings (SSSR count). The van der Waals surface area contributed by atoms with E-state index < -0.39 is 12.1 Å². The summed E-state index contributed by atoms with van der Waals surface area (Å²) in [6, 6.07) is 6.50. The zero-order valence-corrected chi connectivity index (χ0v) is 9.89. The first-order chi connectivity index (χ1) is 8.68. The monoisotopic (exact) mass is 249 g/mol. The van der Waals surface area contributed by atoms with Gasteiger partial charge in [0.05, 0.1) is 5.56 Å². The van der Waals surface area contributed by atoms with E-state index in [1.165, 1.54) is 11.0 Å². The number of carbonyl (C=O) groups excluding carboxylic acids is 2. The van der Waals surface area contributed by atoms with Crippen LogP contribution in [0, 0.1) is 0 Å². The van der Waals surface area contributed by atoms with Gasteiger partial charge in [0.15, 0.2) is 0 Å². The maximum absolute atomic E-state index is 11.8. The average molecular weight is 249 g/mol. The normalized spacial score (nSPS) is 15.2. The number of carbonyl (C=O) groups is 2. The minimum absolute atomic E-state index is 0.209. The van der Waals surface area contributed by atoms with E-state index in [1.54, 1.807) is 18.2 Å². The summed E-state index contributed by atoms with van der Waals surface area (Å²) in [4.78, 5) is 25.0. The third-order valence-corrected chi connectivity index (χ3v) is 2.74. The average Bonchev–Trinajstić information content (AvgIpc) is 2.40. The van der Waals surface area contributed by atoms with Crippen LogP contribution in [-0.4, -0.2) is 43.1 Å². The molecule has 0 aromatic heterocycles. The largest absolute Gasteiger partial charge is 0.417 e. The summed E-state index contributed by atoms with van der Waals surface area (Å²) < 4.78 is 4.80. The van der Waals surface area contributed by atoms with Gasteiger partial charge in [0.1, 0.15) is 0 Å². The van der Waals surface area contributed by atoms with Crippen molar-refractivity contribution < 1.29 is 14.3 Å². The van der Waals surface area contributed by atoms with Gasteiger partial charge in [-0.2, -0.15) is 0 Å². The number of nitrogens with one attached hydrogen (secondary N) is 1. The molecule has 6 heteroatoms. The number of nitrogens with zero attached hydrogens (tertiary/aromatic N) is 1. The molecule has 0 radical (unpaired) electrons. The predicted octanol–water partition coefficient (Wildman–Crippen LogP) is 0.451. The highest BCUT2D eigenvalue weighted by molar-refractivity contribution is 6.00. The van der Waals surface area contributed by atoms with E-state index >= 15 is 0 Å². The molecule has 1 amide bonds. The van der Waals surface area contributed by atoms with Gasteiger partial charge in [-0.25, -0.2) is 9.59 Å². The lowest BCUT2D eigenvalue weighted by atomic mass is 10.2. The van der Waals surface area contributed by atoms with Crippen LogP contribution in [0.5, 0.6) is 0 Å². The quantitative estimate of drug-likeness (QED) is 0.429. The molecule has 0 unspecified atom stereocenters. The lowest BCUT2D eigenvalue weighted by molar-refractivity contribution is 0.0534. The van der Waals surface area contributed by atoms with E-state index in [1.807, 2.05) is 0 Å². The predicted molar refractivity (Wildman–Crippen MR) is 66.1 cm³/mol. The summed E-state index contributed by atoms with van der Waals surface area (Å²) in [5.74, 6) is -0.711. The number of esters is 1. The minimum Gasteiger partial charge on any atom is -0.398 e. The van der Waals surface area contributed by atoms with Gasteiger partial charge in [0.2, 0.25) is 0 Å². The number of nitrogen functional groups attached to an aromatic ring is 1. The number of benzene rings is 1. The summed E-state index contributed by atoms with van der Waals surface area (Å²) in [5, 5.41) is 3.11. The number of rotatable bonds is 1. The van der Waals surface area contributed by atoms with Crippen molar-refractivity contribution in [3.8, 4) is 0 Å². The minimum atomic E-state index is -0.711. The van der Waals surface area contributed by atoms with Crippen LogP contribution in [-0.2, 0) is 4.74 Å². The lowest BCUT2D eigenvalue weighted by Crippen LogP contribution is -2.47. The molecule has 1 heterocycles. The second-order valence-electron chi connectivity index (χ2n) is 3.98. The molecule has 0 atom stereocenters. The fourth-order valence-corrected chi connectivity index (χ4v) is 1.73. The molecule has 0 bridgehead atoms. The number of hydrogen-bond donors (Lipinski definition) is 2. The van der Waals surface area contributed by atoms with Crippen molar-refractivity contribution in [3.63, 3.8) is 0 Å². The van der Waals surface area contributed by atoms with Crippen LogP contribution in [0.15, 0.2) is 24.3 Å². The maximum atomic E-state index is 11.8. The van der Waals surface area contributed by atoms with Gasteiger partial charge in [-0.15, -0.1) is 0 Å². The van der Waals surface area contributed by atoms with Gasteiger partial charge in [0.25, 0.3) is 0 Å². The van der Waals surface area contributed by atoms with Crippen molar-refractivity contribution in [1.82, 2.24) is 10.2 Å². The van der Waals surface area contributed by atoms with Gasteiger partial charge in [-0.1, -0.05) is 12.1 Å². The smallest absolute Gasteiger partial charge is 0.398 e. The standard InChI is InChI=1S/C12H15N3O3/c13-10-4-2-1-3-9(10)11(16)18-12(17)15-7-5-14-6-8-15/h1-4,14H,5-8,13H2. The molecule has 0 spiro atoms. The molecular weight excluding hydrogens is 234 g/mol. The number of nitrogens with two attached hydrogens (primary N) is 1. The molecule has 1 aromatic carbocycles. The van der Waals surface area contributed by atoms with Crippen molar-refractivity contribution in [2.24, 2.45) is 0 Å². The fourth-order valence-electron chi connectivity index (χ4n) is 1.73. The van der Waals surface area contributed by atoms with E-state index in [0.717, 1.165) is 0 Å². The topological polar surface area (TPSA) is 84.7 Å². The molecule has 6 nitrogen and oxygen atoms in total. The van der Waals surface area contributed by atoms with Crippen molar-refractivity contribution in [1.29, 1.82) is 0 Å². The summed E-state index contributed by atoms with van der Waals surface area (Å²) in [6.07, 6.45) is -0.621. The molecule has 1 fully saturated rings. The third kappa shape index (κ3) is 2.78. The number of ether oxygens (including phenoxy) is 1. The molecule has 1 aliphatic rings. The van der Waals surface area contributed by atoms with Crippen LogP contribution >= 0.6 is 0 Å². The van der Waals surface area contributed by atoms with Crippen LogP contribution in [0.2, 0.25) is 0 Å². The van der Waals surface area contributed by atoms with Crippen molar-refractivity contribution >= 4 is 17.7 Å². The summed E-state index contributed by atoms with van der Waals surface area (Å²) in [6.45, 7) is 2.49. The highest BCUT2D eigenvalue weighted by atomic mass is 16.6. The van der Waals surface area contributed by atoms with E-state index in [0.29, 0.717) is 31.9 Å². The van der Waals surface area contributed by atoms with E-state index in [2.05, 4.69) is 5.32 Å². The Kier molecular flexibility index (Phi) is 3.78. The summed E-state index contributed by atoms with van der Waals surface area (Å²) >= 11 is 0. The second-order valence-corrected chi connectivity index (χ2v) is 3.98. The van der Waals surface area contributed by atoms with Crippen LogP contribution < -0.4 is 11.1 Å². The number of amides is 1. The van der Waals surface area contributed by atoms with Gasteiger partial charge in [0, 0.05) is 31.9 Å². The highest BCUT2D eigenvalue weighted by Gasteiger charge is 2.22. The molecule has 1 saturated heterocycles. The summed E-state index contributed by atoms with van der Waals surface area (Å²) in [5.41, 5.74) is 6.15. The van der Waals surface area contributed by atoms with Crippen molar-refractivity contribution in [3.05, 3.63) is 29.8 Å². The first-order valence-corrected chi connectivity index (χ1v) is 5.75. The zero-order chi connectivity index (χ0) is 13.0. The Labute approximate surface area is 105 Å². The van der Waals surface area contributed by atoms with E-state index in [4.69, 9.17) is 10.5 Å². The van der Waals surface area contributed by atoms with Crippen LogP contribution in [0.4, 0.5) is 10.5 Å². The molecule has 1 aliphatic heterocycles. The summed E-state index contributed by atoms with van der Waals surface area (Å²) in [7, 11) is 0. The van der Waals surface area contributed by atoms with Gasteiger partial charge in [-0.05, 0) is 12.1 Å². The van der Waals surface area contributed by atoms with E-state index in [-0.39, 0.29) is 5.56 Å². The molecule has 96 valence electrons. The number of anilines is 1. The van der Waals surface area contributed by atoms with Gasteiger partial charge < -0.3 is 20.7 Å². The van der Waals surface area contributed by atoms with Crippen LogP contribution in [0.1, 0.15) is 10.4 Å². The van der Waals surface area contributed by atoms with Crippen LogP contribution in [0.3, 0.4) is 0 Å². The Morgan fingerprint density at radius 1 is 1.22 bits per heavy atom. The molecule has 0 aliphatic carbocycles. The molecule has 0 saturated carbocycles. The Morgan fingerprint density at radius 3 is 2.56 bits per heavy atom. The fraction of sp³-hybridized carbons (Fsp3) is 0.333. The van der Waals surface area contributed by atoms with E-state index in [9.17, 15) is 9.59 Å². The second kappa shape index (κ2) is 5.50. The van der Waals surface area contributed by atoms with Crippen LogP contribution in [0.25, 0.3) is 0 Å². The Balaban J connectivity index is 1.99. The molecule has 1 aromatic rings. The maximum Gasteiger partial charge on any atom is 0.417 e. The number of hydrogen-bond acceptors (Lipinski definition) is 5. The van der Waals surface area contributed by atoms with Gasteiger partial charge in [-0.3, -0.25) is 0 Å². The van der Waals surface area contributed by atoms with Gasteiger partial charge >= 0.3 is 12.1 Å². The number of para-hydroxylation sites is 1. The zero-order valence-electron chi connectivity index (χ0n) is 9.89. The first kappa shape index (κ1) is 12.4. The van der Waals surface area contributed by atoms with Crippen molar-refractivity contribution in [2.45, 2.75) is 0 Å².